The minimum absolute atomic E-state index is 0.212. The van der Waals surface area contributed by atoms with Crippen molar-refractivity contribution in [3.63, 3.8) is 0 Å². The van der Waals surface area contributed by atoms with Crippen molar-refractivity contribution in [1.29, 1.82) is 0 Å². The summed E-state index contributed by atoms with van der Waals surface area (Å²) in [6.07, 6.45) is 1.62. The minimum atomic E-state index is -0.404. The van der Waals surface area contributed by atoms with Gasteiger partial charge in [-0.25, -0.2) is 14.4 Å². The first-order valence-corrected chi connectivity index (χ1v) is 10.7. The highest BCUT2D eigenvalue weighted by Crippen LogP contribution is 2.32. The second-order valence-corrected chi connectivity index (χ2v) is 8.85. The van der Waals surface area contributed by atoms with E-state index in [1.165, 1.54) is 11.0 Å². The monoisotopic (exact) mass is 435 g/mol. The van der Waals surface area contributed by atoms with Gasteiger partial charge in [-0.3, -0.25) is 0 Å². The molecule has 0 aliphatic carbocycles. The zero-order valence-corrected chi connectivity index (χ0v) is 18.2. The van der Waals surface area contributed by atoms with Gasteiger partial charge in [0.25, 0.3) is 0 Å². The van der Waals surface area contributed by atoms with E-state index in [9.17, 15) is 4.39 Å². The Morgan fingerprint density at radius 2 is 1.84 bits per heavy atom. The van der Waals surface area contributed by atoms with E-state index in [-0.39, 0.29) is 5.82 Å². The summed E-state index contributed by atoms with van der Waals surface area (Å²) in [5.74, 6) is 0.134. The summed E-state index contributed by atoms with van der Waals surface area (Å²) in [4.78, 5) is 10.1. The van der Waals surface area contributed by atoms with Gasteiger partial charge in [0.2, 0.25) is 0 Å². The topological polar surface area (TPSA) is 89.9 Å². The highest BCUT2D eigenvalue weighted by atomic mass is 32.2. The van der Waals surface area contributed by atoms with Crippen LogP contribution in [-0.4, -0.2) is 27.4 Å². The van der Waals surface area contributed by atoms with Gasteiger partial charge in [0, 0.05) is 40.1 Å². The van der Waals surface area contributed by atoms with Gasteiger partial charge < -0.3 is 15.6 Å². The van der Waals surface area contributed by atoms with Crippen LogP contribution in [0.4, 0.5) is 15.9 Å². The van der Waals surface area contributed by atoms with Gasteiger partial charge in [0.15, 0.2) is 17.3 Å². The molecule has 0 unspecified atom stereocenters. The van der Waals surface area contributed by atoms with Crippen molar-refractivity contribution < 1.29 is 8.91 Å². The van der Waals surface area contributed by atoms with Gasteiger partial charge in [-0.05, 0) is 30.3 Å². The van der Waals surface area contributed by atoms with Crippen LogP contribution in [0.5, 0.6) is 0 Å². The van der Waals surface area contributed by atoms with E-state index < -0.39 is 5.82 Å². The lowest BCUT2D eigenvalue weighted by Crippen LogP contribution is -1.98. The van der Waals surface area contributed by atoms with Gasteiger partial charge in [0.1, 0.15) is 11.5 Å². The predicted octanol–water partition coefficient (Wildman–Crippen LogP) is 5.73. The molecule has 0 saturated heterocycles. The molecule has 4 aromatic rings. The summed E-state index contributed by atoms with van der Waals surface area (Å²) in [5.41, 5.74) is 9.34. The second-order valence-electron chi connectivity index (χ2n) is 7.20. The Morgan fingerprint density at radius 3 is 2.52 bits per heavy atom. The summed E-state index contributed by atoms with van der Waals surface area (Å²) < 4.78 is 19.9. The second kappa shape index (κ2) is 8.77. The molecular formula is C23H22FN5OS. The number of anilines is 2. The van der Waals surface area contributed by atoms with Crippen molar-refractivity contribution >= 4 is 23.3 Å². The van der Waals surface area contributed by atoms with Crippen molar-refractivity contribution in [3.8, 4) is 34.0 Å². The molecule has 8 heteroatoms. The highest BCUT2D eigenvalue weighted by molar-refractivity contribution is 7.99. The van der Waals surface area contributed by atoms with E-state index in [1.54, 1.807) is 43.2 Å². The van der Waals surface area contributed by atoms with Crippen molar-refractivity contribution in [3.05, 3.63) is 60.5 Å². The molecule has 0 bridgehead atoms. The van der Waals surface area contributed by atoms with Crippen LogP contribution < -0.4 is 11.1 Å². The number of nitrogens with zero attached hydrogens (tertiary/aromatic N) is 3. The average Bonchev–Trinajstić information content (AvgIpc) is 3.24. The maximum atomic E-state index is 14.4. The van der Waals surface area contributed by atoms with Crippen molar-refractivity contribution in [2.45, 2.75) is 24.0 Å². The molecule has 2 aromatic carbocycles. The van der Waals surface area contributed by atoms with Crippen LogP contribution in [0, 0.1) is 5.82 Å². The van der Waals surface area contributed by atoms with Crippen LogP contribution >= 0.6 is 11.8 Å². The molecule has 2 heterocycles. The molecule has 3 N–H and O–H groups in total. The number of hydrogen-bond donors (Lipinski definition) is 2. The molecule has 0 radical (unpaired) electrons. The molecule has 4 rings (SSSR count). The summed E-state index contributed by atoms with van der Waals surface area (Å²) in [5, 5.41) is 7.41. The number of nitrogens with one attached hydrogen (secondary N) is 1. The SMILES string of the molecule is CNc1ccc(-c2cc(-c3nc(-c4ccc(SC(C)C)cc4)cnc3N)on2)c(F)c1. The summed E-state index contributed by atoms with van der Waals surface area (Å²) in [6, 6.07) is 14.5. The minimum Gasteiger partial charge on any atom is -0.388 e. The maximum Gasteiger partial charge on any atom is 0.189 e. The van der Waals surface area contributed by atoms with Crippen molar-refractivity contribution in [2.75, 3.05) is 18.1 Å². The van der Waals surface area contributed by atoms with E-state index >= 15 is 0 Å². The number of nitrogens with two attached hydrogens (primary N) is 1. The number of benzene rings is 2. The fourth-order valence-corrected chi connectivity index (χ4v) is 3.92. The van der Waals surface area contributed by atoms with Crippen LogP contribution in [0.3, 0.4) is 0 Å². The van der Waals surface area contributed by atoms with Crippen LogP contribution in [-0.2, 0) is 0 Å². The smallest absolute Gasteiger partial charge is 0.189 e. The fraction of sp³-hybridized carbons (Fsp3) is 0.174. The van der Waals surface area contributed by atoms with E-state index in [4.69, 9.17) is 10.3 Å². The molecule has 0 spiro atoms. The highest BCUT2D eigenvalue weighted by Gasteiger charge is 2.17. The van der Waals surface area contributed by atoms with E-state index in [0.29, 0.717) is 39.3 Å². The lowest BCUT2D eigenvalue weighted by Gasteiger charge is -2.07. The molecule has 0 aliphatic heterocycles. The summed E-state index contributed by atoms with van der Waals surface area (Å²) >= 11 is 1.79. The van der Waals surface area contributed by atoms with Gasteiger partial charge in [-0.1, -0.05) is 31.1 Å². The Bertz CT molecular complexity index is 1210. The Hall–Kier alpha value is -3.39. The number of nitrogen functional groups attached to an aromatic ring is 1. The average molecular weight is 436 g/mol. The largest absolute Gasteiger partial charge is 0.388 e. The Labute approximate surface area is 184 Å². The number of aromatic nitrogens is 3. The third-order valence-corrected chi connectivity index (χ3v) is 5.62. The van der Waals surface area contributed by atoms with Gasteiger partial charge in [-0.2, -0.15) is 0 Å². The Kier molecular flexibility index (Phi) is 5.90. The van der Waals surface area contributed by atoms with Crippen molar-refractivity contribution in [2.24, 2.45) is 0 Å². The molecule has 0 aliphatic rings. The first kappa shape index (κ1) is 20.9. The van der Waals surface area contributed by atoms with Crippen molar-refractivity contribution in [1.82, 2.24) is 15.1 Å². The zero-order chi connectivity index (χ0) is 22.0. The molecule has 0 saturated carbocycles. The standard InChI is InChI=1S/C23H22FN5OS/c1-13(2)31-16-7-4-14(5-8-16)20-12-27-23(25)22(28-20)21-11-19(29-30-21)17-9-6-15(26-3)10-18(17)24/h4-13,26H,1-3H3,(H2,25,27). The molecule has 6 nitrogen and oxygen atoms in total. The van der Waals surface area contributed by atoms with Crippen LogP contribution in [0.25, 0.3) is 34.0 Å². The van der Waals surface area contributed by atoms with Crippen LogP contribution in [0.15, 0.2) is 64.1 Å². The summed E-state index contributed by atoms with van der Waals surface area (Å²) in [7, 11) is 1.73. The number of hydrogen-bond acceptors (Lipinski definition) is 7. The molecule has 0 fully saturated rings. The van der Waals surface area contributed by atoms with E-state index in [0.717, 1.165) is 5.56 Å². The Balaban J connectivity index is 1.65. The quantitative estimate of drug-likeness (QED) is 0.374. The van der Waals surface area contributed by atoms with Gasteiger partial charge in [-0.15, -0.1) is 11.8 Å². The first-order valence-electron chi connectivity index (χ1n) is 9.79. The fourth-order valence-electron chi connectivity index (χ4n) is 3.09. The molecule has 2 aromatic heterocycles. The first-order chi connectivity index (χ1) is 14.9. The predicted molar refractivity (Wildman–Crippen MR) is 123 cm³/mol. The number of thioether (sulfide) groups is 1. The Morgan fingerprint density at radius 1 is 1.06 bits per heavy atom. The normalized spacial score (nSPS) is 11.1. The number of rotatable bonds is 6. The molecule has 0 atom stereocenters. The van der Waals surface area contributed by atoms with Gasteiger partial charge >= 0.3 is 0 Å². The zero-order valence-electron chi connectivity index (χ0n) is 17.4. The molecule has 0 amide bonds. The van der Waals surface area contributed by atoms with E-state index in [1.807, 2.05) is 12.1 Å². The summed E-state index contributed by atoms with van der Waals surface area (Å²) in [6.45, 7) is 4.31. The molecule has 158 valence electrons. The third kappa shape index (κ3) is 4.54. The lowest BCUT2D eigenvalue weighted by atomic mass is 10.1. The van der Waals surface area contributed by atoms with Crippen LogP contribution in [0.1, 0.15) is 13.8 Å². The number of halogens is 1. The molecular weight excluding hydrogens is 413 g/mol. The lowest BCUT2D eigenvalue weighted by molar-refractivity contribution is 0.433. The molecule has 31 heavy (non-hydrogen) atoms. The van der Waals surface area contributed by atoms with Crippen LogP contribution in [0.2, 0.25) is 0 Å². The van der Waals surface area contributed by atoms with Gasteiger partial charge in [0.05, 0.1) is 11.9 Å². The van der Waals surface area contributed by atoms with E-state index in [2.05, 4.69) is 46.4 Å². The maximum absolute atomic E-state index is 14.4. The third-order valence-electron chi connectivity index (χ3n) is 4.60.